The number of H-pyrrole nitrogens is 1. The lowest BCUT2D eigenvalue weighted by atomic mass is 9.96. The number of likely N-dealkylation sites (tertiary alicyclic amines) is 1. The summed E-state index contributed by atoms with van der Waals surface area (Å²) in [5.41, 5.74) is 1.80. The Bertz CT molecular complexity index is 735. The molecule has 0 aliphatic carbocycles. The summed E-state index contributed by atoms with van der Waals surface area (Å²) in [5.74, 6) is -0.117. The molecular formula is C16H17ClN3O3-. The highest BCUT2D eigenvalue weighted by Crippen LogP contribution is 2.28. The fraction of sp³-hybridized carbons (Fsp3) is 0.438. The number of fused-ring (bicyclic) bond motifs is 1. The van der Waals surface area contributed by atoms with E-state index in [1.807, 2.05) is 18.2 Å². The van der Waals surface area contributed by atoms with Gasteiger partial charge < -0.3 is 19.8 Å². The van der Waals surface area contributed by atoms with E-state index in [9.17, 15) is 14.7 Å². The molecule has 1 aliphatic heterocycles. The quantitative estimate of drug-likeness (QED) is 0.916. The van der Waals surface area contributed by atoms with Gasteiger partial charge in [-0.15, -0.1) is 0 Å². The van der Waals surface area contributed by atoms with E-state index < -0.39 is 5.97 Å². The predicted molar refractivity (Wildman–Crippen MR) is 83.9 cm³/mol. The maximum absolute atomic E-state index is 11.9. The molecule has 2 aromatic rings. The Hall–Kier alpha value is -2.08. The number of benzene rings is 1. The first-order valence-electron chi connectivity index (χ1n) is 7.65. The molecule has 0 saturated carbocycles. The van der Waals surface area contributed by atoms with Crippen LogP contribution in [0.3, 0.4) is 0 Å². The van der Waals surface area contributed by atoms with E-state index in [-0.39, 0.29) is 24.7 Å². The van der Waals surface area contributed by atoms with Crippen molar-refractivity contribution in [1.29, 1.82) is 0 Å². The number of carboxylic acids is 1. The molecule has 0 spiro atoms. The van der Waals surface area contributed by atoms with E-state index >= 15 is 0 Å². The third kappa shape index (κ3) is 3.64. The Morgan fingerprint density at radius 3 is 2.74 bits per heavy atom. The predicted octanol–water partition coefficient (Wildman–Crippen LogP) is 1.45. The number of amides is 1. The summed E-state index contributed by atoms with van der Waals surface area (Å²) in [4.78, 5) is 32.0. The molecule has 3 rings (SSSR count). The van der Waals surface area contributed by atoms with Gasteiger partial charge >= 0.3 is 0 Å². The molecule has 23 heavy (non-hydrogen) atoms. The van der Waals surface area contributed by atoms with Gasteiger partial charge in [-0.3, -0.25) is 4.79 Å². The van der Waals surface area contributed by atoms with E-state index in [0.29, 0.717) is 18.1 Å². The van der Waals surface area contributed by atoms with E-state index in [1.165, 1.54) is 0 Å². The molecule has 6 nitrogen and oxygen atoms in total. The third-order valence-corrected chi connectivity index (χ3v) is 4.47. The first kappa shape index (κ1) is 15.8. The van der Waals surface area contributed by atoms with Crippen molar-refractivity contribution >= 4 is 34.5 Å². The number of hydrogen-bond donors (Lipinski definition) is 1. The van der Waals surface area contributed by atoms with Crippen molar-refractivity contribution < 1.29 is 14.7 Å². The molecule has 0 bridgehead atoms. The highest BCUT2D eigenvalue weighted by atomic mass is 35.5. The van der Waals surface area contributed by atoms with Gasteiger partial charge in [0.2, 0.25) is 5.91 Å². The molecule has 1 amide bonds. The van der Waals surface area contributed by atoms with Crippen molar-refractivity contribution in [2.45, 2.75) is 31.6 Å². The Balaban J connectivity index is 1.61. The van der Waals surface area contributed by atoms with Gasteiger partial charge in [0.1, 0.15) is 5.82 Å². The first-order chi connectivity index (χ1) is 11.0. The maximum atomic E-state index is 11.9. The number of rotatable bonds is 4. The van der Waals surface area contributed by atoms with Gasteiger partial charge in [0, 0.05) is 36.4 Å². The van der Waals surface area contributed by atoms with Gasteiger partial charge in [-0.25, -0.2) is 4.98 Å². The summed E-state index contributed by atoms with van der Waals surface area (Å²) in [5, 5.41) is 11.1. The highest BCUT2D eigenvalue weighted by Gasteiger charge is 2.25. The fourth-order valence-electron chi connectivity index (χ4n) is 2.96. The van der Waals surface area contributed by atoms with Crippen LogP contribution in [0.25, 0.3) is 11.0 Å². The number of piperidine rings is 1. The molecule has 1 N–H and O–H groups in total. The van der Waals surface area contributed by atoms with Crippen molar-refractivity contribution in [3.63, 3.8) is 0 Å². The Labute approximate surface area is 138 Å². The van der Waals surface area contributed by atoms with Crippen LogP contribution in [-0.4, -0.2) is 39.8 Å². The van der Waals surface area contributed by atoms with Crippen LogP contribution in [0.5, 0.6) is 0 Å². The number of carbonyl (C=O) groups excluding carboxylic acids is 2. The van der Waals surface area contributed by atoms with Gasteiger partial charge in [-0.2, -0.15) is 0 Å². The normalized spacial score (nSPS) is 16.0. The third-order valence-electron chi connectivity index (χ3n) is 4.24. The zero-order valence-electron chi connectivity index (χ0n) is 12.5. The van der Waals surface area contributed by atoms with Gasteiger partial charge in [-0.05, 0) is 37.5 Å². The second kappa shape index (κ2) is 6.58. The molecule has 0 unspecified atom stereocenters. The van der Waals surface area contributed by atoms with Crippen molar-refractivity contribution in [3.8, 4) is 0 Å². The summed E-state index contributed by atoms with van der Waals surface area (Å²) in [7, 11) is 0. The standard InChI is InChI=1S/C16H18ClN3O3/c17-11-1-2-12-13(9-11)19-16(18-12)10-5-7-20(8-6-10)14(21)3-4-15(22)23/h1-2,9-10H,3-8H2,(H,18,19)(H,22,23)/p-1. The average molecular weight is 335 g/mol. The van der Waals surface area contributed by atoms with E-state index in [0.717, 1.165) is 29.7 Å². The summed E-state index contributed by atoms with van der Waals surface area (Å²) in [6.07, 6.45) is 1.41. The summed E-state index contributed by atoms with van der Waals surface area (Å²) >= 11 is 5.98. The largest absolute Gasteiger partial charge is 0.550 e. The van der Waals surface area contributed by atoms with Crippen LogP contribution < -0.4 is 5.11 Å². The minimum Gasteiger partial charge on any atom is -0.550 e. The van der Waals surface area contributed by atoms with Crippen LogP contribution >= 0.6 is 11.6 Å². The molecule has 1 aromatic carbocycles. The molecule has 1 aliphatic rings. The molecule has 1 saturated heterocycles. The average Bonchev–Trinajstić information content (AvgIpc) is 2.95. The van der Waals surface area contributed by atoms with Gasteiger partial charge in [0.15, 0.2) is 0 Å². The van der Waals surface area contributed by atoms with Crippen LogP contribution in [0.15, 0.2) is 18.2 Å². The number of carbonyl (C=O) groups is 2. The van der Waals surface area contributed by atoms with E-state index in [1.54, 1.807) is 4.90 Å². The topological polar surface area (TPSA) is 89.1 Å². The Kier molecular flexibility index (Phi) is 4.52. The molecule has 7 heteroatoms. The number of imidazole rings is 1. The van der Waals surface area contributed by atoms with Crippen LogP contribution in [0.2, 0.25) is 5.02 Å². The number of hydrogen-bond acceptors (Lipinski definition) is 4. The number of carboxylic acid groups (broad SMARTS) is 1. The minimum absolute atomic E-state index is 0.0101. The zero-order chi connectivity index (χ0) is 16.4. The lowest BCUT2D eigenvalue weighted by Gasteiger charge is -2.31. The summed E-state index contributed by atoms with van der Waals surface area (Å²) < 4.78 is 0. The molecule has 2 heterocycles. The van der Waals surface area contributed by atoms with Crippen molar-refractivity contribution in [3.05, 3.63) is 29.0 Å². The summed E-state index contributed by atoms with van der Waals surface area (Å²) in [6, 6.07) is 5.55. The lowest BCUT2D eigenvalue weighted by Crippen LogP contribution is -2.38. The number of aliphatic carboxylic acids is 1. The molecule has 0 radical (unpaired) electrons. The van der Waals surface area contributed by atoms with Crippen LogP contribution in [0.4, 0.5) is 0 Å². The zero-order valence-corrected chi connectivity index (χ0v) is 13.3. The Morgan fingerprint density at radius 2 is 2.04 bits per heavy atom. The van der Waals surface area contributed by atoms with Gasteiger partial charge in [0.25, 0.3) is 0 Å². The SMILES string of the molecule is O=C([O-])CCC(=O)N1CCC(c2nc3ccc(Cl)cc3[nH]2)CC1. The number of halogens is 1. The van der Waals surface area contributed by atoms with Gasteiger partial charge in [0.05, 0.1) is 11.0 Å². The minimum atomic E-state index is -1.19. The fourth-order valence-corrected chi connectivity index (χ4v) is 3.14. The number of aromatic amines is 1. The molecule has 122 valence electrons. The van der Waals surface area contributed by atoms with E-state index in [2.05, 4.69) is 9.97 Å². The van der Waals surface area contributed by atoms with Crippen LogP contribution in [-0.2, 0) is 9.59 Å². The number of nitrogens with one attached hydrogen (secondary N) is 1. The van der Waals surface area contributed by atoms with Crippen molar-refractivity contribution in [2.24, 2.45) is 0 Å². The molecular weight excluding hydrogens is 318 g/mol. The molecule has 1 fully saturated rings. The van der Waals surface area contributed by atoms with Crippen molar-refractivity contribution in [2.75, 3.05) is 13.1 Å². The molecule has 0 atom stereocenters. The van der Waals surface area contributed by atoms with Crippen molar-refractivity contribution in [1.82, 2.24) is 14.9 Å². The lowest BCUT2D eigenvalue weighted by molar-refractivity contribution is -0.305. The van der Waals surface area contributed by atoms with Gasteiger partial charge in [-0.1, -0.05) is 11.6 Å². The first-order valence-corrected chi connectivity index (χ1v) is 8.03. The summed E-state index contributed by atoms with van der Waals surface area (Å²) in [6.45, 7) is 1.24. The van der Waals surface area contributed by atoms with Crippen LogP contribution in [0.1, 0.15) is 37.4 Å². The number of aromatic nitrogens is 2. The second-order valence-electron chi connectivity index (χ2n) is 5.81. The van der Waals surface area contributed by atoms with E-state index in [4.69, 9.17) is 11.6 Å². The second-order valence-corrected chi connectivity index (χ2v) is 6.25. The highest BCUT2D eigenvalue weighted by molar-refractivity contribution is 6.31. The smallest absolute Gasteiger partial charge is 0.222 e. The maximum Gasteiger partial charge on any atom is 0.222 e. The monoisotopic (exact) mass is 334 g/mol. The number of nitrogens with zero attached hydrogens (tertiary/aromatic N) is 2. The Morgan fingerprint density at radius 1 is 1.30 bits per heavy atom. The molecule has 1 aromatic heterocycles. The van der Waals surface area contributed by atoms with Crippen LogP contribution in [0, 0.1) is 0 Å².